The third kappa shape index (κ3) is 3.69. The minimum atomic E-state index is -0.708. The molecular formula is C13H10Cl2N4O3. The first-order valence-corrected chi connectivity index (χ1v) is 6.76. The lowest BCUT2D eigenvalue weighted by Gasteiger charge is -2.09. The minimum Gasteiger partial charge on any atom is -0.464 e. The highest BCUT2D eigenvalue weighted by molar-refractivity contribution is 6.35. The Balaban J connectivity index is 2.18. The van der Waals surface area contributed by atoms with Crippen molar-refractivity contribution in [3.63, 3.8) is 0 Å². The van der Waals surface area contributed by atoms with E-state index < -0.39 is 11.9 Å². The zero-order valence-electron chi connectivity index (χ0n) is 11.3. The first-order chi connectivity index (χ1) is 10.5. The Labute approximate surface area is 135 Å². The van der Waals surface area contributed by atoms with Crippen LogP contribution in [0, 0.1) is 0 Å². The number of pyridine rings is 1. The molecule has 0 fully saturated rings. The van der Waals surface area contributed by atoms with Crippen molar-refractivity contribution < 1.29 is 14.3 Å². The Morgan fingerprint density at radius 1 is 1.18 bits per heavy atom. The van der Waals surface area contributed by atoms with E-state index in [1.165, 1.54) is 31.8 Å². The summed E-state index contributed by atoms with van der Waals surface area (Å²) in [5.41, 5.74) is 0.286. The van der Waals surface area contributed by atoms with Gasteiger partial charge in [0, 0.05) is 29.2 Å². The van der Waals surface area contributed by atoms with Gasteiger partial charge in [-0.3, -0.25) is 4.79 Å². The summed E-state index contributed by atoms with van der Waals surface area (Å²) in [6.07, 6.45) is 3.97. The second-order valence-corrected chi connectivity index (χ2v) is 4.80. The van der Waals surface area contributed by atoms with Gasteiger partial charge in [-0.1, -0.05) is 23.2 Å². The van der Waals surface area contributed by atoms with Crippen molar-refractivity contribution in [1.82, 2.24) is 15.0 Å². The second kappa shape index (κ2) is 7.15. The molecule has 0 aliphatic carbocycles. The van der Waals surface area contributed by atoms with Crippen LogP contribution in [-0.4, -0.2) is 33.9 Å². The van der Waals surface area contributed by atoms with Gasteiger partial charge in [-0.05, 0) is 6.07 Å². The van der Waals surface area contributed by atoms with E-state index in [1.807, 2.05) is 0 Å². The average molecular weight is 341 g/mol. The molecule has 0 aliphatic heterocycles. The summed E-state index contributed by atoms with van der Waals surface area (Å²) in [7, 11) is 1.21. The average Bonchev–Trinajstić information content (AvgIpc) is 2.51. The van der Waals surface area contributed by atoms with Crippen molar-refractivity contribution in [3.05, 3.63) is 46.1 Å². The highest BCUT2D eigenvalue weighted by atomic mass is 35.5. The lowest BCUT2D eigenvalue weighted by Crippen LogP contribution is -2.19. The van der Waals surface area contributed by atoms with E-state index in [1.54, 1.807) is 0 Å². The lowest BCUT2D eigenvalue weighted by molar-refractivity contribution is -0.115. The molecule has 7 nitrogen and oxygen atoms in total. The fraction of sp³-hybridized carbons (Fsp3) is 0.154. The van der Waals surface area contributed by atoms with Gasteiger partial charge >= 0.3 is 5.97 Å². The normalized spacial score (nSPS) is 10.1. The summed E-state index contributed by atoms with van der Waals surface area (Å²) < 4.78 is 4.57. The number of esters is 1. The highest BCUT2D eigenvalue weighted by Gasteiger charge is 2.18. The molecule has 0 spiro atoms. The number of anilines is 1. The number of aromatic nitrogens is 3. The molecule has 1 N–H and O–H groups in total. The zero-order chi connectivity index (χ0) is 16.1. The maximum Gasteiger partial charge on any atom is 0.360 e. The molecule has 0 aromatic carbocycles. The van der Waals surface area contributed by atoms with Crippen LogP contribution in [0.2, 0.25) is 10.2 Å². The van der Waals surface area contributed by atoms with Crippen LogP contribution in [0.1, 0.15) is 16.1 Å². The topological polar surface area (TPSA) is 94.1 Å². The van der Waals surface area contributed by atoms with Crippen molar-refractivity contribution in [3.8, 4) is 0 Å². The lowest BCUT2D eigenvalue weighted by atomic mass is 10.2. The Morgan fingerprint density at radius 3 is 2.59 bits per heavy atom. The Bertz CT molecular complexity index is 704. The molecule has 2 aromatic rings. The number of halogens is 2. The molecule has 22 heavy (non-hydrogen) atoms. The SMILES string of the molecule is COC(=O)c1nccnc1NC(=O)Cc1c(Cl)ccnc1Cl. The van der Waals surface area contributed by atoms with Crippen LogP contribution in [0.15, 0.2) is 24.7 Å². The molecule has 114 valence electrons. The van der Waals surface area contributed by atoms with E-state index in [2.05, 4.69) is 25.0 Å². The van der Waals surface area contributed by atoms with Crippen LogP contribution >= 0.6 is 23.2 Å². The van der Waals surface area contributed by atoms with E-state index in [0.29, 0.717) is 10.6 Å². The fourth-order valence-corrected chi connectivity index (χ4v) is 2.10. The summed E-state index contributed by atoms with van der Waals surface area (Å²) in [5.74, 6) is -1.18. The molecular weight excluding hydrogens is 331 g/mol. The monoisotopic (exact) mass is 340 g/mol. The number of nitrogens with one attached hydrogen (secondary N) is 1. The Kier molecular flexibility index (Phi) is 5.24. The van der Waals surface area contributed by atoms with Crippen molar-refractivity contribution in [1.29, 1.82) is 0 Å². The number of nitrogens with zero attached hydrogens (tertiary/aromatic N) is 3. The number of hydrogen-bond donors (Lipinski definition) is 1. The third-order valence-electron chi connectivity index (χ3n) is 2.62. The molecule has 0 atom stereocenters. The quantitative estimate of drug-likeness (QED) is 0.676. The largest absolute Gasteiger partial charge is 0.464 e. The summed E-state index contributed by atoms with van der Waals surface area (Å²) in [5, 5.41) is 2.93. The first kappa shape index (κ1) is 16.1. The predicted molar refractivity (Wildman–Crippen MR) is 80.0 cm³/mol. The van der Waals surface area contributed by atoms with E-state index in [0.717, 1.165) is 0 Å². The van der Waals surface area contributed by atoms with Crippen molar-refractivity contribution in [2.24, 2.45) is 0 Å². The van der Waals surface area contributed by atoms with Gasteiger partial charge in [0.05, 0.1) is 13.5 Å². The number of carbonyl (C=O) groups excluding carboxylic acids is 2. The third-order valence-corrected chi connectivity index (χ3v) is 3.30. The van der Waals surface area contributed by atoms with Crippen LogP contribution < -0.4 is 5.32 Å². The van der Waals surface area contributed by atoms with E-state index >= 15 is 0 Å². The fourth-order valence-electron chi connectivity index (χ4n) is 1.61. The minimum absolute atomic E-state index is 0.00418. The van der Waals surface area contributed by atoms with Crippen LogP contribution in [0.25, 0.3) is 0 Å². The molecule has 2 aromatic heterocycles. The molecule has 0 bridgehead atoms. The van der Waals surface area contributed by atoms with Gasteiger partial charge in [-0.2, -0.15) is 0 Å². The molecule has 1 amide bonds. The Hall–Kier alpha value is -2.25. The van der Waals surface area contributed by atoms with Crippen LogP contribution in [0.3, 0.4) is 0 Å². The van der Waals surface area contributed by atoms with Crippen molar-refractivity contribution in [2.75, 3.05) is 12.4 Å². The van der Waals surface area contributed by atoms with Crippen molar-refractivity contribution in [2.45, 2.75) is 6.42 Å². The maximum absolute atomic E-state index is 12.1. The molecule has 0 unspecified atom stereocenters. The van der Waals surface area contributed by atoms with Gasteiger partial charge in [0.15, 0.2) is 11.5 Å². The summed E-state index contributed by atoms with van der Waals surface area (Å²) >= 11 is 11.9. The summed E-state index contributed by atoms with van der Waals surface area (Å²) in [6, 6.07) is 1.53. The number of amides is 1. The van der Waals surface area contributed by atoms with Crippen LogP contribution in [0.4, 0.5) is 5.82 Å². The molecule has 2 rings (SSSR count). The van der Waals surface area contributed by atoms with Gasteiger partial charge in [-0.25, -0.2) is 19.7 Å². The molecule has 9 heteroatoms. The summed E-state index contributed by atoms with van der Waals surface area (Å²) in [4.78, 5) is 35.2. The highest BCUT2D eigenvalue weighted by Crippen LogP contribution is 2.23. The molecule has 2 heterocycles. The van der Waals surface area contributed by atoms with Gasteiger partial charge in [0.25, 0.3) is 0 Å². The van der Waals surface area contributed by atoms with E-state index in [4.69, 9.17) is 23.2 Å². The predicted octanol–water partition coefficient (Wildman–Crippen LogP) is 2.15. The number of rotatable bonds is 4. The molecule has 0 radical (unpaired) electrons. The zero-order valence-corrected chi connectivity index (χ0v) is 12.9. The van der Waals surface area contributed by atoms with Gasteiger partial charge in [-0.15, -0.1) is 0 Å². The number of hydrogen-bond acceptors (Lipinski definition) is 6. The first-order valence-electron chi connectivity index (χ1n) is 6.01. The van der Waals surface area contributed by atoms with Gasteiger partial charge in [0.2, 0.25) is 5.91 Å². The van der Waals surface area contributed by atoms with Crippen LogP contribution in [0.5, 0.6) is 0 Å². The molecule has 0 saturated heterocycles. The maximum atomic E-state index is 12.1. The van der Waals surface area contributed by atoms with E-state index in [9.17, 15) is 9.59 Å². The number of carbonyl (C=O) groups is 2. The second-order valence-electron chi connectivity index (χ2n) is 4.03. The van der Waals surface area contributed by atoms with Gasteiger partial charge < -0.3 is 10.1 Å². The van der Waals surface area contributed by atoms with Crippen LogP contribution in [-0.2, 0) is 16.0 Å². The summed E-state index contributed by atoms with van der Waals surface area (Å²) in [6.45, 7) is 0. The molecule has 0 saturated carbocycles. The van der Waals surface area contributed by atoms with E-state index in [-0.39, 0.29) is 23.1 Å². The number of ether oxygens (including phenoxy) is 1. The Morgan fingerprint density at radius 2 is 1.91 bits per heavy atom. The smallest absolute Gasteiger partial charge is 0.360 e. The van der Waals surface area contributed by atoms with Gasteiger partial charge in [0.1, 0.15) is 5.15 Å². The van der Waals surface area contributed by atoms with Crippen molar-refractivity contribution >= 4 is 40.9 Å². The standard InChI is InChI=1S/C13H10Cl2N4O3/c1-22-13(21)10-12(18-5-4-16-10)19-9(20)6-7-8(14)2-3-17-11(7)15/h2-5H,6H2,1H3,(H,18,19,20). The number of methoxy groups -OCH3 is 1. The molecule has 0 aliphatic rings.